The van der Waals surface area contributed by atoms with Crippen LogP contribution in [-0.4, -0.2) is 23.1 Å². The molecule has 1 heterocycles. The third kappa shape index (κ3) is 1.81. The SMILES string of the molecule is CNCCc1nc2c(C)c(Cl)ccc2n1C. The number of likely N-dealkylation sites (N-methyl/N-ethyl adjacent to an activating group) is 1. The molecule has 0 bridgehead atoms. The lowest BCUT2D eigenvalue weighted by Crippen LogP contribution is -2.12. The predicted octanol–water partition coefficient (Wildman–Crippen LogP) is 2.30. The molecule has 0 fully saturated rings. The summed E-state index contributed by atoms with van der Waals surface area (Å²) in [7, 11) is 4.00. The van der Waals surface area contributed by atoms with Crippen LogP contribution in [0.5, 0.6) is 0 Å². The van der Waals surface area contributed by atoms with Gasteiger partial charge in [-0.2, -0.15) is 0 Å². The van der Waals surface area contributed by atoms with Crippen molar-refractivity contribution in [1.29, 1.82) is 0 Å². The molecule has 16 heavy (non-hydrogen) atoms. The maximum atomic E-state index is 6.09. The smallest absolute Gasteiger partial charge is 0.110 e. The van der Waals surface area contributed by atoms with Gasteiger partial charge in [-0.1, -0.05) is 11.6 Å². The van der Waals surface area contributed by atoms with E-state index in [9.17, 15) is 0 Å². The van der Waals surface area contributed by atoms with Crippen LogP contribution in [-0.2, 0) is 13.5 Å². The van der Waals surface area contributed by atoms with Crippen molar-refractivity contribution in [2.75, 3.05) is 13.6 Å². The first-order valence-corrected chi connectivity index (χ1v) is 5.78. The number of benzene rings is 1. The zero-order valence-corrected chi connectivity index (χ0v) is 10.6. The van der Waals surface area contributed by atoms with Gasteiger partial charge >= 0.3 is 0 Å². The Balaban J connectivity index is 2.54. The minimum atomic E-state index is 0.783. The molecular formula is C12H16ClN3. The van der Waals surface area contributed by atoms with Gasteiger partial charge < -0.3 is 9.88 Å². The van der Waals surface area contributed by atoms with Crippen LogP contribution in [0.3, 0.4) is 0 Å². The summed E-state index contributed by atoms with van der Waals surface area (Å²) < 4.78 is 2.13. The monoisotopic (exact) mass is 237 g/mol. The van der Waals surface area contributed by atoms with Crippen LogP contribution in [0.1, 0.15) is 11.4 Å². The Kier molecular flexibility index (Phi) is 3.17. The molecule has 3 nitrogen and oxygen atoms in total. The highest BCUT2D eigenvalue weighted by Gasteiger charge is 2.10. The molecule has 0 spiro atoms. The van der Waals surface area contributed by atoms with E-state index in [0.717, 1.165) is 40.4 Å². The summed E-state index contributed by atoms with van der Waals surface area (Å²) >= 11 is 6.09. The van der Waals surface area contributed by atoms with Crippen LogP contribution in [0, 0.1) is 6.92 Å². The van der Waals surface area contributed by atoms with E-state index in [2.05, 4.69) is 14.9 Å². The van der Waals surface area contributed by atoms with Crippen molar-refractivity contribution in [1.82, 2.24) is 14.9 Å². The summed E-state index contributed by atoms with van der Waals surface area (Å²) in [6, 6.07) is 3.96. The Morgan fingerprint density at radius 1 is 1.44 bits per heavy atom. The number of hydrogen-bond donors (Lipinski definition) is 1. The summed E-state index contributed by atoms with van der Waals surface area (Å²) in [5.41, 5.74) is 3.22. The van der Waals surface area contributed by atoms with E-state index in [4.69, 9.17) is 11.6 Å². The molecule has 86 valence electrons. The van der Waals surface area contributed by atoms with E-state index in [-0.39, 0.29) is 0 Å². The minimum Gasteiger partial charge on any atom is -0.331 e. The summed E-state index contributed by atoms with van der Waals surface area (Å²) in [6.45, 7) is 2.95. The third-order valence-corrected chi connectivity index (χ3v) is 3.34. The second-order valence-corrected chi connectivity index (χ2v) is 4.39. The molecule has 1 N–H and O–H groups in total. The second-order valence-electron chi connectivity index (χ2n) is 3.98. The molecule has 1 aromatic heterocycles. The largest absolute Gasteiger partial charge is 0.331 e. The second kappa shape index (κ2) is 4.44. The first-order valence-electron chi connectivity index (χ1n) is 5.40. The summed E-state index contributed by atoms with van der Waals surface area (Å²) in [5.74, 6) is 1.09. The van der Waals surface area contributed by atoms with Gasteiger partial charge in [0.25, 0.3) is 0 Å². The van der Waals surface area contributed by atoms with Crippen LogP contribution in [0.25, 0.3) is 11.0 Å². The van der Waals surface area contributed by atoms with Gasteiger partial charge in [-0.3, -0.25) is 0 Å². The molecule has 0 aliphatic rings. The van der Waals surface area contributed by atoms with Crippen LogP contribution < -0.4 is 5.32 Å². The lowest BCUT2D eigenvalue weighted by molar-refractivity contribution is 0.726. The van der Waals surface area contributed by atoms with E-state index in [1.807, 2.05) is 33.2 Å². The Labute approximate surface area is 100 Å². The van der Waals surface area contributed by atoms with Crippen molar-refractivity contribution in [2.45, 2.75) is 13.3 Å². The minimum absolute atomic E-state index is 0.783. The van der Waals surface area contributed by atoms with Crippen LogP contribution in [0.4, 0.5) is 0 Å². The quantitative estimate of drug-likeness (QED) is 0.888. The molecule has 0 radical (unpaired) electrons. The lowest BCUT2D eigenvalue weighted by atomic mass is 10.2. The number of imidazole rings is 1. The maximum Gasteiger partial charge on any atom is 0.110 e. The number of nitrogens with one attached hydrogen (secondary N) is 1. The number of rotatable bonds is 3. The summed E-state index contributed by atoms with van der Waals surface area (Å²) in [6.07, 6.45) is 0.929. The van der Waals surface area contributed by atoms with Crippen LogP contribution in [0.2, 0.25) is 5.02 Å². The fourth-order valence-electron chi connectivity index (χ4n) is 1.88. The van der Waals surface area contributed by atoms with Gasteiger partial charge in [0.1, 0.15) is 5.82 Å². The molecule has 2 rings (SSSR count). The maximum absolute atomic E-state index is 6.09. The number of aryl methyl sites for hydroxylation is 2. The van der Waals surface area contributed by atoms with Gasteiger partial charge in [0.05, 0.1) is 11.0 Å². The number of halogens is 1. The van der Waals surface area contributed by atoms with Crippen LogP contribution >= 0.6 is 11.6 Å². The Bertz CT molecular complexity index is 516. The van der Waals surface area contributed by atoms with Gasteiger partial charge in [0.15, 0.2) is 0 Å². The van der Waals surface area contributed by atoms with Gasteiger partial charge in [0.2, 0.25) is 0 Å². The zero-order valence-electron chi connectivity index (χ0n) is 9.84. The Morgan fingerprint density at radius 2 is 2.19 bits per heavy atom. The highest BCUT2D eigenvalue weighted by molar-refractivity contribution is 6.32. The number of nitrogens with zero attached hydrogens (tertiary/aromatic N) is 2. The topological polar surface area (TPSA) is 29.9 Å². The van der Waals surface area contributed by atoms with E-state index in [1.165, 1.54) is 0 Å². The first-order chi connectivity index (χ1) is 7.65. The number of aromatic nitrogens is 2. The predicted molar refractivity (Wildman–Crippen MR) is 68.1 cm³/mol. The summed E-state index contributed by atoms with van der Waals surface area (Å²) in [5, 5.41) is 3.92. The first kappa shape index (κ1) is 11.4. The van der Waals surface area contributed by atoms with Gasteiger partial charge in [-0.05, 0) is 31.7 Å². The highest BCUT2D eigenvalue weighted by atomic mass is 35.5. The molecule has 0 amide bonds. The molecule has 0 aliphatic heterocycles. The summed E-state index contributed by atoms with van der Waals surface area (Å²) in [4.78, 5) is 4.65. The van der Waals surface area contributed by atoms with Gasteiger partial charge in [-0.15, -0.1) is 0 Å². The average Bonchev–Trinajstić information content (AvgIpc) is 2.59. The molecule has 0 aliphatic carbocycles. The van der Waals surface area contributed by atoms with Crippen molar-refractivity contribution < 1.29 is 0 Å². The highest BCUT2D eigenvalue weighted by Crippen LogP contribution is 2.25. The molecule has 0 atom stereocenters. The van der Waals surface area contributed by atoms with Crippen molar-refractivity contribution >= 4 is 22.6 Å². The van der Waals surface area contributed by atoms with Crippen molar-refractivity contribution in [3.8, 4) is 0 Å². The molecule has 2 aromatic rings. The normalized spacial score (nSPS) is 11.2. The Morgan fingerprint density at radius 3 is 2.88 bits per heavy atom. The van der Waals surface area contributed by atoms with E-state index >= 15 is 0 Å². The third-order valence-electron chi connectivity index (χ3n) is 2.93. The van der Waals surface area contributed by atoms with E-state index in [0.29, 0.717) is 0 Å². The van der Waals surface area contributed by atoms with Gasteiger partial charge in [0, 0.05) is 25.0 Å². The molecular weight excluding hydrogens is 222 g/mol. The molecule has 1 aromatic carbocycles. The zero-order chi connectivity index (χ0) is 11.7. The Hall–Kier alpha value is -1.06. The lowest BCUT2D eigenvalue weighted by Gasteiger charge is -2.01. The van der Waals surface area contributed by atoms with E-state index < -0.39 is 0 Å². The molecule has 0 saturated carbocycles. The van der Waals surface area contributed by atoms with Crippen LogP contribution in [0.15, 0.2) is 12.1 Å². The van der Waals surface area contributed by atoms with Crippen molar-refractivity contribution in [3.63, 3.8) is 0 Å². The molecule has 4 heteroatoms. The fourth-order valence-corrected chi connectivity index (χ4v) is 2.03. The molecule has 0 unspecified atom stereocenters. The number of fused-ring (bicyclic) bond motifs is 1. The van der Waals surface area contributed by atoms with E-state index in [1.54, 1.807) is 0 Å². The number of hydrogen-bond acceptors (Lipinski definition) is 2. The standard InChI is InChI=1S/C12H16ClN3/c1-8-9(13)4-5-10-12(8)15-11(16(10)3)6-7-14-2/h4-5,14H,6-7H2,1-3H3. The fraction of sp³-hybridized carbons (Fsp3) is 0.417. The van der Waals surface area contributed by atoms with Gasteiger partial charge in [-0.25, -0.2) is 4.98 Å². The molecule has 0 saturated heterocycles. The average molecular weight is 238 g/mol. The van der Waals surface area contributed by atoms with Crippen molar-refractivity contribution in [3.05, 3.63) is 28.5 Å². The van der Waals surface area contributed by atoms with Crippen molar-refractivity contribution in [2.24, 2.45) is 7.05 Å².